The molecule has 3 heteroatoms. The maximum atomic E-state index is 12.5. The number of nitrogens with one attached hydrogen (secondary N) is 1. The standard InChI is InChI=1S/C18H18BrNO/c19-15-9-10-16(12-6-2-1-5-11(12)15)20-18(21)17-13-7-3-4-8-14(13)17/h1-2,5-6,9-10,13-14,17H,3-4,7-8H2,(H,20,21). The molecule has 2 unspecified atom stereocenters. The van der Waals surface area contributed by atoms with Crippen LogP contribution >= 0.6 is 15.9 Å². The Kier molecular flexibility index (Phi) is 3.26. The van der Waals surface area contributed by atoms with Gasteiger partial charge in [0.05, 0.1) is 0 Å². The molecule has 2 saturated carbocycles. The normalized spacial score (nSPS) is 27.2. The Hall–Kier alpha value is -1.35. The first-order chi connectivity index (χ1) is 10.3. The van der Waals surface area contributed by atoms with E-state index < -0.39 is 0 Å². The van der Waals surface area contributed by atoms with E-state index in [0.717, 1.165) is 20.9 Å². The zero-order valence-electron chi connectivity index (χ0n) is 11.8. The van der Waals surface area contributed by atoms with Crippen LogP contribution in [0, 0.1) is 17.8 Å². The van der Waals surface area contributed by atoms with E-state index in [1.807, 2.05) is 24.3 Å². The Balaban J connectivity index is 1.60. The second-order valence-electron chi connectivity index (χ2n) is 6.27. The SMILES string of the molecule is O=C(Nc1ccc(Br)c2ccccc12)C1C2CCCCC21. The molecule has 1 N–H and O–H groups in total. The second-order valence-corrected chi connectivity index (χ2v) is 7.12. The fourth-order valence-corrected chi connectivity index (χ4v) is 4.45. The lowest BCUT2D eigenvalue weighted by atomic mass is 10.0. The van der Waals surface area contributed by atoms with Crippen LogP contribution in [0.2, 0.25) is 0 Å². The molecule has 2 nitrogen and oxygen atoms in total. The molecule has 2 aliphatic carbocycles. The molecule has 2 aromatic rings. The third kappa shape index (κ3) is 2.28. The smallest absolute Gasteiger partial charge is 0.228 e. The van der Waals surface area contributed by atoms with Gasteiger partial charge in [0.25, 0.3) is 0 Å². The number of rotatable bonds is 2. The Labute approximate surface area is 133 Å². The highest BCUT2D eigenvalue weighted by Gasteiger charge is 2.54. The Morgan fingerprint density at radius 2 is 1.67 bits per heavy atom. The summed E-state index contributed by atoms with van der Waals surface area (Å²) in [6.45, 7) is 0. The van der Waals surface area contributed by atoms with Crippen molar-refractivity contribution in [3.05, 3.63) is 40.9 Å². The van der Waals surface area contributed by atoms with Crippen LogP contribution in [0.1, 0.15) is 25.7 Å². The van der Waals surface area contributed by atoms with Gasteiger partial charge in [-0.15, -0.1) is 0 Å². The number of carbonyl (C=O) groups is 1. The summed E-state index contributed by atoms with van der Waals surface area (Å²) in [5.41, 5.74) is 0.933. The van der Waals surface area contributed by atoms with Gasteiger partial charge in [0.1, 0.15) is 0 Å². The molecule has 4 rings (SSSR count). The number of amides is 1. The summed E-state index contributed by atoms with van der Waals surface area (Å²) in [4.78, 5) is 12.5. The van der Waals surface area contributed by atoms with Gasteiger partial charge in [0.2, 0.25) is 5.91 Å². The summed E-state index contributed by atoms with van der Waals surface area (Å²) in [6, 6.07) is 12.2. The van der Waals surface area contributed by atoms with Crippen LogP contribution in [0.4, 0.5) is 5.69 Å². The molecule has 0 aromatic heterocycles. The van der Waals surface area contributed by atoms with Crippen LogP contribution in [0.5, 0.6) is 0 Å². The third-order valence-electron chi connectivity index (χ3n) is 5.09. The first kappa shape index (κ1) is 13.3. The Morgan fingerprint density at radius 1 is 1.00 bits per heavy atom. The minimum Gasteiger partial charge on any atom is -0.325 e. The molecule has 0 spiro atoms. The van der Waals surface area contributed by atoms with Gasteiger partial charge >= 0.3 is 0 Å². The number of benzene rings is 2. The highest BCUT2D eigenvalue weighted by Crippen LogP contribution is 2.55. The van der Waals surface area contributed by atoms with Gasteiger partial charge in [-0.25, -0.2) is 0 Å². The molecule has 0 bridgehead atoms. The van der Waals surface area contributed by atoms with Crippen molar-refractivity contribution >= 4 is 38.3 Å². The van der Waals surface area contributed by atoms with Crippen molar-refractivity contribution in [2.24, 2.45) is 17.8 Å². The zero-order valence-corrected chi connectivity index (χ0v) is 13.4. The highest BCUT2D eigenvalue weighted by atomic mass is 79.9. The van der Waals surface area contributed by atoms with Crippen molar-refractivity contribution in [1.29, 1.82) is 0 Å². The number of carbonyl (C=O) groups excluding carboxylic acids is 1. The molecule has 2 atom stereocenters. The average Bonchev–Trinajstić information content (AvgIpc) is 3.25. The third-order valence-corrected chi connectivity index (χ3v) is 5.78. The molecule has 21 heavy (non-hydrogen) atoms. The summed E-state index contributed by atoms with van der Waals surface area (Å²) in [7, 11) is 0. The van der Waals surface area contributed by atoms with E-state index in [1.54, 1.807) is 0 Å². The van der Waals surface area contributed by atoms with E-state index in [9.17, 15) is 4.79 Å². The summed E-state index contributed by atoms with van der Waals surface area (Å²) in [5.74, 6) is 1.79. The van der Waals surface area contributed by atoms with Gasteiger partial charge in [-0.2, -0.15) is 0 Å². The monoisotopic (exact) mass is 343 g/mol. The number of hydrogen-bond donors (Lipinski definition) is 1. The topological polar surface area (TPSA) is 29.1 Å². The fourth-order valence-electron chi connectivity index (χ4n) is 3.97. The van der Waals surface area contributed by atoms with Gasteiger partial charge in [-0.05, 0) is 42.2 Å². The van der Waals surface area contributed by atoms with Gasteiger partial charge in [-0.1, -0.05) is 53.0 Å². The van der Waals surface area contributed by atoms with Crippen LogP contribution in [-0.2, 0) is 4.79 Å². The molecule has 0 aliphatic heterocycles. The summed E-state index contributed by atoms with van der Waals surface area (Å²) in [6.07, 6.45) is 5.08. The van der Waals surface area contributed by atoms with Crippen LogP contribution in [-0.4, -0.2) is 5.91 Å². The van der Waals surface area contributed by atoms with Gasteiger partial charge in [0, 0.05) is 21.5 Å². The van der Waals surface area contributed by atoms with Crippen molar-refractivity contribution in [2.75, 3.05) is 5.32 Å². The average molecular weight is 344 g/mol. The van der Waals surface area contributed by atoms with Crippen LogP contribution in [0.25, 0.3) is 10.8 Å². The van der Waals surface area contributed by atoms with Crippen molar-refractivity contribution in [3.63, 3.8) is 0 Å². The molecule has 2 fully saturated rings. The Bertz CT molecular complexity index is 699. The lowest BCUT2D eigenvalue weighted by molar-refractivity contribution is -0.117. The van der Waals surface area contributed by atoms with Crippen molar-refractivity contribution < 1.29 is 4.79 Å². The molecular formula is C18H18BrNO. The summed E-state index contributed by atoms with van der Waals surface area (Å²) < 4.78 is 1.07. The minimum absolute atomic E-state index is 0.222. The van der Waals surface area contributed by atoms with Crippen LogP contribution in [0.15, 0.2) is 40.9 Å². The summed E-state index contributed by atoms with van der Waals surface area (Å²) >= 11 is 3.58. The number of halogens is 1. The lowest BCUT2D eigenvalue weighted by Crippen LogP contribution is -2.15. The molecule has 2 aromatic carbocycles. The van der Waals surface area contributed by atoms with Gasteiger partial charge in [-0.3, -0.25) is 4.79 Å². The molecule has 1 amide bonds. The second kappa shape index (κ2) is 5.13. The molecular weight excluding hydrogens is 326 g/mol. The zero-order chi connectivity index (χ0) is 14.4. The van der Waals surface area contributed by atoms with Crippen molar-refractivity contribution in [1.82, 2.24) is 0 Å². The molecule has 108 valence electrons. The van der Waals surface area contributed by atoms with E-state index in [1.165, 1.54) is 25.7 Å². The number of anilines is 1. The largest absolute Gasteiger partial charge is 0.325 e. The quantitative estimate of drug-likeness (QED) is 0.818. The maximum absolute atomic E-state index is 12.5. The predicted octanol–water partition coefficient (Wildman–Crippen LogP) is 4.98. The summed E-state index contributed by atoms with van der Waals surface area (Å²) in [5, 5.41) is 5.41. The minimum atomic E-state index is 0.222. The van der Waals surface area contributed by atoms with E-state index in [2.05, 4.69) is 33.4 Å². The van der Waals surface area contributed by atoms with Crippen molar-refractivity contribution in [3.8, 4) is 0 Å². The van der Waals surface area contributed by atoms with Gasteiger partial charge < -0.3 is 5.32 Å². The fraction of sp³-hybridized carbons (Fsp3) is 0.389. The van der Waals surface area contributed by atoms with Crippen molar-refractivity contribution in [2.45, 2.75) is 25.7 Å². The molecule has 0 radical (unpaired) electrons. The van der Waals surface area contributed by atoms with Gasteiger partial charge in [0.15, 0.2) is 0 Å². The molecule has 0 saturated heterocycles. The Morgan fingerprint density at radius 3 is 2.38 bits per heavy atom. The first-order valence-electron chi connectivity index (χ1n) is 7.74. The first-order valence-corrected chi connectivity index (χ1v) is 8.53. The highest BCUT2D eigenvalue weighted by molar-refractivity contribution is 9.10. The van der Waals surface area contributed by atoms with Crippen LogP contribution < -0.4 is 5.32 Å². The van der Waals surface area contributed by atoms with E-state index in [-0.39, 0.29) is 11.8 Å². The lowest BCUT2D eigenvalue weighted by Gasteiger charge is -2.10. The number of hydrogen-bond acceptors (Lipinski definition) is 1. The predicted molar refractivity (Wildman–Crippen MR) is 89.2 cm³/mol. The van der Waals surface area contributed by atoms with E-state index in [0.29, 0.717) is 11.8 Å². The maximum Gasteiger partial charge on any atom is 0.228 e. The van der Waals surface area contributed by atoms with Crippen LogP contribution in [0.3, 0.4) is 0 Å². The molecule has 0 heterocycles. The van der Waals surface area contributed by atoms with E-state index in [4.69, 9.17) is 0 Å². The molecule has 2 aliphatic rings. The number of fused-ring (bicyclic) bond motifs is 2. The van der Waals surface area contributed by atoms with E-state index >= 15 is 0 Å².